The van der Waals surface area contributed by atoms with Crippen molar-refractivity contribution >= 4 is 11.9 Å². The Kier molecular flexibility index (Phi) is 6.25. The molecule has 0 aromatic heterocycles. The zero-order valence-electron chi connectivity index (χ0n) is 12.9. The normalized spacial score (nSPS) is 14.7. The van der Waals surface area contributed by atoms with Gasteiger partial charge in [0.05, 0.1) is 0 Å². The Morgan fingerprint density at radius 2 is 1.86 bits per heavy atom. The van der Waals surface area contributed by atoms with Gasteiger partial charge in [0.2, 0.25) is 5.91 Å². The third kappa shape index (κ3) is 5.39. The first-order valence-electron chi connectivity index (χ1n) is 8.05. The van der Waals surface area contributed by atoms with E-state index < -0.39 is 5.91 Å². The second-order valence-electron chi connectivity index (χ2n) is 5.94. The van der Waals surface area contributed by atoms with Crippen LogP contribution in [0.5, 0.6) is 0 Å². The Labute approximate surface area is 131 Å². The number of urea groups is 1. The van der Waals surface area contributed by atoms with Gasteiger partial charge in [-0.2, -0.15) is 0 Å². The topological polar surface area (TPSA) is 84.2 Å². The fraction of sp³-hybridized carbons (Fsp3) is 0.529. The third-order valence-corrected chi connectivity index (χ3v) is 4.22. The molecule has 1 aliphatic rings. The molecule has 0 spiro atoms. The minimum absolute atomic E-state index is 0.121. The molecule has 3 amide bonds. The fourth-order valence-electron chi connectivity index (χ4n) is 2.95. The quantitative estimate of drug-likeness (QED) is 0.721. The van der Waals surface area contributed by atoms with E-state index >= 15 is 0 Å². The van der Waals surface area contributed by atoms with Gasteiger partial charge in [-0.1, -0.05) is 37.8 Å². The summed E-state index contributed by atoms with van der Waals surface area (Å²) in [5.74, 6) is 0.358. The largest absolute Gasteiger partial charge is 0.366 e. The number of nitrogens with two attached hydrogens (primary N) is 1. The van der Waals surface area contributed by atoms with Crippen molar-refractivity contribution in [1.82, 2.24) is 10.6 Å². The van der Waals surface area contributed by atoms with Crippen LogP contribution in [0.1, 0.15) is 48.0 Å². The van der Waals surface area contributed by atoms with E-state index in [0.29, 0.717) is 18.5 Å². The summed E-state index contributed by atoms with van der Waals surface area (Å²) in [5.41, 5.74) is 6.73. The molecule has 2 rings (SSSR count). The van der Waals surface area contributed by atoms with Crippen molar-refractivity contribution in [3.05, 3.63) is 35.4 Å². The van der Waals surface area contributed by atoms with E-state index in [-0.39, 0.29) is 6.03 Å². The van der Waals surface area contributed by atoms with E-state index in [9.17, 15) is 9.59 Å². The van der Waals surface area contributed by atoms with Crippen molar-refractivity contribution in [3.8, 4) is 0 Å². The standard InChI is InChI=1S/C17H25N3O2/c18-16(21)15-7-3-6-14(12-15)9-11-20-17(22)19-10-8-13-4-1-2-5-13/h3,6-7,12-13H,1-2,4-5,8-11H2,(H2,18,21)(H2,19,20,22). The predicted octanol–water partition coefficient (Wildman–Crippen LogP) is 2.21. The Hall–Kier alpha value is -2.04. The van der Waals surface area contributed by atoms with Gasteiger partial charge in [-0.05, 0) is 36.5 Å². The van der Waals surface area contributed by atoms with Crippen LogP contribution >= 0.6 is 0 Å². The van der Waals surface area contributed by atoms with Crippen LogP contribution in [0.25, 0.3) is 0 Å². The zero-order valence-corrected chi connectivity index (χ0v) is 12.9. The summed E-state index contributed by atoms with van der Waals surface area (Å²) in [6.07, 6.45) is 7.03. The number of primary amides is 1. The molecule has 0 radical (unpaired) electrons. The lowest BCUT2D eigenvalue weighted by atomic mass is 10.0. The average Bonchev–Trinajstić information content (AvgIpc) is 3.01. The van der Waals surface area contributed by atoms with Crippen molar-refractivity contribution in [3.63, 3.8) is 0 Å². The van der Waals surface area contributed by atoms with Crippen molar-refractivity contribution in [2.75, 3.05) is 13.1 Å². The third-order valence-electron chi connectivity index (χ3n) is 4.22. The van der Waals surface area contributed by atoms with Crippen molar-refractivity contribution in [2.24, 2.45) is 11.7 Å². The first-order valence-corrected chi connectivity index (χ1v) is 8.05. The summed E-state index contributed by atoms with van der Waals surface area (Å²) in [6.45, 7) is 1.28. The molecule has 5 nitrogen and oxygen atoms in total. The molecule has 0 bridgehead atoms. The SMILES string of the molecule is NC(=O)c1cccc(CCNC(=O)NCCC2CCCC2)c1. The molecule has 5 heteroatoms. The second kappa shape index (κ2) is 8.41. The lowest BCUT2D eigenvalue weighted by Crippen LogP contribution is -2.37. The Balaban J connectivity index is 1.62. The number of carbonyl (C=O) groups is 2. The number of carbonyl (C=O) groups excluding carboxylic acids is 2. The molecule has 1 fully saturated rings. The smallest absolute Gasteiger partial charge is 0.314 e. The Bertz CT molecular complexity index is 510. The molecule has 22 heavy (non-hydrogen) atoms. The fourth-order valence-corrected chi connectivity index (χ4v) is 2.95. The van der Waals surface area contributed by atoms with Crippen LogP contribution in [0.15, 0.2) is 24.3 Å². The minimum atomic E-state index is -0.431. The maximum atomic E-state index is 11.7. The Morgan fingerprint density at radius 3 is 2.59 bits per heavy atom. The summed E-state index contributed by atoms with van der Waals surface area (Å²) in [7, 11) is 0. The highest BCUT2D eigenvalue weighted by molar-refractivity contribution is 5.92. The maximum Gasteiger partial charge on any atom is 0.314 e. The summed E-state index contributed by atoms with van der Waals surface area (Å²) in [6, 6.07) is 7.06. The number of amides is 3. The predicted molar refractivity (Wildman–Crippen MR) is 86.6 cm³/mol. The van der Waals surface area contributed by atoms with Gasteiger partial charge in [0.1, 0.15) is 0 Å². The van der Waals surface area contributed by atoms with Gasteiger partial charge in [0.15, 0.2) is 0 Å². The van der Waals surface area contributed by atoms with Crippen LogP contribution in [-0.4, -0.2) is 25.0 Å². The van der Waals surface area contributed by atoms with Gasteiger partial charge in [-0.3, -0.25) is 4.79 Å². The first-order chi connectivity index (χ1) is 10.6. The van der Waals surface area contributed by atoms with E-state index in [1.54, 1.807) is 18.2 Å². The maximum absolute atomic E-state index is 11.7. The molecular formula is C17H25N3O2. The van der Waals surface area contributed by atoms with E-state index in [1.807, 2.05) is 6.07 Å². The van der Waals surface area contributed by atoms with Crippen LogP contribution in [-0.2, 0) is 6.42 Å². The zero-order chi connectivity index (χ0) is 15.8. The summed E-state index contributed by atoms with van der Waals surface area (Å²) in [4.78, 5) is 22.8. The molecule has 0 atom stereocenters. The molecule has 1 aromatic rings. The Morgan fingerprint density at radius 1 is 1.14 bits per heavy atom. The van der Waals surface area contributed by atoms with Crippen LogP contribution in [0.2, 0.25) is 0 Å². The molecule has 1 aliphatic carbocycles. The van der Waals surface area contributed by atoms with E-state index in [1.165, 1.54) is 25.7 Å². The molecule has 0 saturated heterocycles. The highest BCUT2D eigenvalue weighted by Crippen LogP contribution is 2.26. The van der Waals surface area contributed by atoms with Gasteiger partial charge in [-0.15, -0.1) is 0 Å². The lowest BCUT2D eigenvalue weighted by Gasteiger charge is -2.11. The summed E-state index contributed by atoms with van der Waals surface area (Å²) >= 11 is 0. The highest BCUT2D eigenvalue weighted by Gasteiger charge is 2.14. The van der Waals surface area contributed by atoms with Gasteiger partial charge < -0.3 is 16.4 Å². The van der Waals surface area contributed by atoms with Gasteiger partial charge in [-0.25, -0.2) is 4.79 Å². The molecule has 120 valence electrons. The molecule has 1 aromatic carbocycles. The van der Waals surface area contributed by atoms with Gasteiger partial charge in [0, 0.05) is 18.7 Å². The van der Waals surface area contributed by atoms with Gasteiger partial charge in [0.25, 0.3) is 0 Å². The molecule has 0 unspecified atom stereocenters. The number of hydrogen-bond donors (Lipinski definition) is 3. The lowest BCUT2D eigenvalue weighted by molar-refractivity contribution is 0.1000. The van der Waals surface area contributed by atoms with Crippen LogP contribution in [0.3, 0.4) is 0 Å². The van der Waals surface area contributed by atoms with Crippen molar-refractivity contribution < 1.29 is 9.59 Å². The van der Waals surface area contributed by atoms with E-state index in [2.05, 4.69) is 10.6 Å². The summed E-state index contributed by atoms with van der Waals surface area (Å²) in [5, 5.41) is 5.74. The monoisotopic (exact) mass is 303 g/mol. The molecule has 4 N–H and O–H groups in total. The first kappa shape index (κ1) is 16.3. The molecular weight excluding hydrogens is 278 g/mol. The number of benzene rings is 1. The van der Waals surface area contributed by atoms with Crippen molar-refractivity contribution in [2.45, 2.75) is 38.5 Å². The highest BCUT2D eigenvalue weighted by atomic mass is 16.2. The molecule has 0 heterocycles. The molecule has 0 aliphatic heterocycles. The van der Waals surface area contributed by atoms with Gasteiger partial charge >= 0.3 is 6.03 Å². The second-order valence-corrected chi connectivity index (χ2v) is 5.94. The van der Waals surface area contributed by atoms with Crippen LogP contribution < -0.4 is 16.4 Å². The summed E-state index contributed by atoms with van der Waals surface area (Å²) < 4.78 is 0. The van der Waals surface area contributed by atoms with Crippen LogP contribution in [0.4, 0.5) is 4.79 Å². The van der Waals surface area contributed by atoms with Crippen LogP contribution in [0, 0.1) is 5.92 Å². The number of nitrogens with one attached hydrogen (secondary N) is 2. The van der Waals surface area contributed by atoms with E-state index in [4.69, 9.17) is 5.73 Å². The average molecular weight is 303 g/mol. The molecule has 1 saturated carbocycles. The number of hydrogen-bond acceptors (Lipinski definition) is 2. The van der Waals surface area contributed by atoms with Crippen molar-refractivity contribution in [1.29, 1.82) is 0 Å². The van der Waals surface area contributed by atoms with E-state index in [0.717, 1.165) is 24.4 Å². The number of rotatable bonds is 7. The minimum Gasteiger partial charge on any atom is -0.366 e.